The van der Waals surface area contributed by atoms with Gasteiger partial charge in [-0.15, -0.1) is 0 Å². The normalized spacial score (nSPS) is 23.9. The van der Waals surface area contributed by atoms with Gasteiger partial charge in [0.25, 0.3) is 0 Å². The average molecular weight is 244 g/mol. The summed E-state index contributed by atoms with van der Waals surface area (Å²) in [5.41, 5.74) is 0.449. The van der Waals surface area contributed by atoms with Crippen molar-refractivity contribution in [2.45, 2.75) is 18.4 Å². The topological polar surface area (TPSA) is 60.4 Å². The van der Waals surface area contributed by atoms with Crippen molar-refractivity contribution in [3.8, 4) is 0 Å². The van der Waals surface area contributed by atoms with Crippen LogP contribution in [0.25, 0.3) is 0 Å². The zero-order valence-electron chi connectivity index (χ0n) is 9.88. The molecular weight excluding hydrogens is 232 g/mol. The molecule has 0 bridgehead atoms. The Hall–Kier alpha value is -2.03. The van der Waals surface area contributed by atoms with E-state index in [1.807, 2.05) is 30.3 Å². The predicted octanol–water partition coefficient (Wildman–Crippen LogP) is 1.09. The lowest BCUT2D eigenvalue weighted by Gasteiger charge is -2.28. The Morgan fingerprint density at radius 3 is 2.44 bits per heavy atom. The fourth-order valence-corrected chi connectivity index (χ4v) is 2.24. The molecule has 0 amide bonds. The standard InChI is InChI=1S/C14H12O4/c1-18-14-10(9-5-3-2-4-6-9)7-12(16)11(8-15)13(14)17/h2-6,10,14H,7H2,1H3. The summed E-state index contributed by atoms with van der Waals surface area (Å²) >= 11 is 0. The first-order valence-corrected chi connectivity index (χ1v) is 5.59. The van der Waals surface area contributed by atoms with Gasteiger partial charge in [-0.25, -0.2) is 4.79 Å². The monoisotopic (exact) mass is 244 g/mol. The van der Waals surface area contributed by atoms with Crippen LogP contribution < -0.4 is 0 Å². The minimum Gasteiger partial charge on any atom is -0.373 e. The molecule has 1 aromatic rings. The molecule has 92 valence electrons. The van der Waals surface area contributed by atoms with E-state index in [0.717, 1.165) is 5.56 Å². The van der Waals surface area contributed by atoms with E-state index in [0.29, 0.717) is 0 Å². The zero-order chi connectivity index (χ0) is 13.1. The number of methoxy groups -OCH3 is 1. The minimum absolute atomic E-state index is 0.0961. The van der Waals surface area contributed by atoms with Gasteiger partial charge < -0.3 is 4.74 Å². The molecule has 0 radical (unpaired) electrons. The van der Waals surface area contributed by atoms with Gasteiger partial charge in [-0.3, -0.25) is 9.59 Å². The van der Waals surface area contributed by atoms with Gasteiger partial charge in [-0.1, -0.05) is 30.3 Å². The van der Waals surface area contributed by atoms with E-state index in [4.69, 9.17) is 4.74 Å². The summed E-state index contributed by atoms with van der Waals surface area (Å²) < 4.78 is 5.15. The second kappa shape index (κ2) is 5.08. The summed E-state index contributed by atoms with van der Waals surface area (Å²) in [5, 5.41) is 0. The smallest absolute Gasteiger partial charge is 0.206 e. The molecule has 1 saturated carbocycles. The van der Waals surface area contributed by atoms with Crippen LogP contribution >= 0.6 is 0 Å². The molecule has 0 aromatic heterocycles. The number of rotatable bonds is 2. The van der Waals surface area contributed by atoms with Crippen LogP contribution in [0.5, 0.6) is 0 Å². The molecule has 2 unspecified atom stereocenters. The Labute approximate surface area is 104 Å². The van der Waals surface area contributed by atoms with Crippen LogP contribution in [0, 0.1) is 0 Å². The minimum atomic E-state index is -0.790. The molecule has 0 saturated heterocycles. The molecule has 1 aromatic carbocycles. The number of carbonyl (C=O) groups is 2. The number of hydrogen-bond donors (Lipinski definition) is 0. The maximum Gasteiger partial charge on any atom is 0.206 e. The van der Waals surface area contributed by atoms with Crippen LogP contribution in [0.1, 0.15) is 17.9 Å². The third-order valence-electron chi connectivity index (χ3n) is 3.14. The van der Waals surface area contributed by atoms with Crippen LogP contribution in [-0.2, 0) is 19.1 Å². The highest BCUT2D eigenvalue weighted by Gasteiger charge is 2.41. The molecule has 0 heterocycles. The van der Waals surface area contributed by atoms with Crippen LogP contribution in [0.4, 0.5) is 0 Å². The van der Waals surface area contributed by atoms with Crippen LogP contribution in [-0.4, -0.2) is 30.7 Å². The number of ether oxygens (including phenoxy) is 1. The Bertz CT molecular complexity index is 526. The Morgan fingerprint density at radius 1 is 1.22 bits per heavy atom. The summed E-state index contributed by atoms with van der Waals surface area (Å²) in [5.74, 6) is 0.0552. The predicted molar refractivity (Wildman–Crippen MR) is 63.8 cm³/mol. The van der Waals surface area contributed by atoms with E-state index < -0.39 is 23.2 Å². The average Bonchev–Trinajstić information content (AvgIpc) is 2.39. The molecule has 0 aliphatic heterocycles. The van der Waals surface area contributed by atoms with E-state index in [-0.39, 0.29) is 12.3 Å². The first-order chi connectivity index (χ1) is 8.69. The second-order valence-electron chi connectivity index (χ2n) is 4.14. The van der Waals surface area contributed by atoms with Crippen LogP contribution in [0.3, 0.4) is 0 Å². The summed E-state index contributed by atoms with van der Waals surface area (Å²) in [4.78, 5) is 34.3. The van der Waals surface area contributed by atoms with Gasteiger partial charge in [-0.05, 0) is 5.56 Å². The van der Waals surface area contributed by atoms with Crippen molar-refractivity contribution in [3.05, 3.63) is 41.5 Å². The number of Topliss-reactive ketones (excluding diaryl/α,β-unsaturated/α-hetero) is 2. The van der Waals surface area contributed by atoms with E-state index >= 15 is 0 Å². The molecule has 1 aliphatic rings. The van der Waals surface area contributed by atoms with Crippen molar-refractivity contribution in [2.75, 3.05) is 7.11 Å². The van der Waals surface area contributed by atoms with Gasteiger partial charge in [0.05, 0.1) is 0 Å². The van der Waals surface area contributed by atoms with E-state index in [9.17, 15) is 14.4 Å². The van der Waals surface area contributed by atoms with Crippen LogP contribution in [0.2, 0.25) is 0 Å². The lowest BCUT2D eigenvalue weighted by Crippen LogP contribution is -2.40. The molecule has 0 spiro atoms. The first-order valence-electron chi connectivity index (χ1n) is 5.59. The third-order valence-corrected chi connectivity index (χ3v) is 3.14. The first kappa shape index (κ1) is 12.4. The zero-order valence-corrected chi connectivity index (χ0v) is 9.88. The summed E-state index contributed by atoms with van der Waals surface area (Å²) in [6.07, 6.45) is -0.694. The van der Waals surface area contributed by atoms with Gasteiger partial charge in [-0.2, -0.15) is 0 Å². The molecule has 1 aliphatic carbocycles. The Kier molecular flexibility index (Phi) is 3.51. The highest BCUT2D eigenvalue weighted by atomic mass is 16.5. The SMILES string of the molecule is COC1C(=O)C(=C=O)C(=O)CC1c1ccccc1. The highest BCUT2D eigenvalue weighted by Crippen LogP contribution is 2.32. The van der Waals surface area contributed by atoms with Gasteiger partial charge in [0.2, 0.25) is 5.78 Å². The van der Waals surface area contributed by atoms with Gasteiger partial charge >= 0.3 is 0 Å². The second-order valence-corrected chi connectivity index (χ2v) is 4.14. The largest absolute Gasteiger partial charge is 0.373 e. The lowest BCUT2D eigenvalue weighted by atomic mass is 9.78. The Balaban J connectivity index is 2.41. The van der Waals surface area contributed by atoms with Gasteiger partial charge in [0, 0.05) is 19.4 Å². The number of hydrogen-bond acceptors (Lipinski definition) is 4. The quantitative estimate of drug-likeness (QED) is 0.444. The molecule has 2 atom stereocenters. The maximum atomic E-state index is 11.9. The Morgan fingerprint density at radius 2 is 1.89 bits per heavy atom. The van der Waals surface area contributed by atoms with Crippen molar-refractivity contribution in [1.82, 2.24) is 0 Å². The van der Waals surface area contributed by atoms with Crippen molar-refractivity contribution in [2.24, 2.45) is 0 Å². The van der Waals surface area contributed by atoms with Crippen LogP contribution in [0.15, 0.2) is 35.9 Å². The van der Waals surface area contributed by atoms with Crippen molar-refractivity contribution < 1.29 is 19.1 Å². The van der Waals surface area contributed by atoms with E-state index in [2.05, 4.69) is 0 Å². The molecule has 1 fully saturated rings. The molecule has 18 heavy (non-hydrogen) atoms. The number of ketones is 2. The molecular formula is C14H12O4. The third kappa shape index (κ3) is 2.04. The maximum absolute atomic E-state index is 11.9. The molecule has 4 heteroatoms. The van der Waals surface area contributed by atoms with Crippen molar-refractivity contribution >= 4 is 17.5 Å². The number of benzene rings is 1. The lowest BCUT2D eigenvalue weighted by molar-refractivity contribution is -0.133. The van der Waals surface area contributed by atoms with E-state index in [1.54, 1.807) is 0 Å². The fourth-order valence-electron chi connectivity index (χ4n) is 2.24. The van der Waals surface area contributed by atoms with Crippen molar-refractivity contribution in [1.29, 1.82) is 0 Å². The summed E-state index contributed by atoms with van der Waals surface area (Å²) in [6, 6.07) is 9.21. The van der Waals surface area contributed by atoms with Crippen molar-refractivity contribution in [3.63, 3.8) is 0 Å². The van der Waals surface area contributed by atoms with Gasteiger partial charge in [0.15, 0.2) is 5.78 Å². The summed E-state index contributed by atoms with van der Waals surface area (Å²) in [7, 11) is 1.40. The molecule has 2 rings (SSSR count). The highest BCUT2D eigenvalue weighted by molar-refractivity contribution is 6.28. The van der Waals surface area contributed by atoms with Gasteiger partial charge in [0.1, 0.15) is 17.6 Å². The fraction of sp³-hybridized carbons (Fsp3) is 0.286. The van der Waals surface area contributed by atoms with E-state index in [1.165, 1.54) is 13.1 Å². The molecule has 4 nitrogen and oxygen atoms in total. The number of carbonyl (C=O) groups excluding carboxylic acids is 3. The molecule has 0 N–H and O–H groups in total. The summed E-state index contributed by atoms with van der Waals surface area (Å²) in [6.45, 7) is 0.